The zero-order valence-electron chi connectivity index (χ0n) is 18.7. The second kappa shape index (κ2) is 11.8. The molecule has 3 aromatic carbocycles. The molecule has 0 aliphatic rings. The highest BCUT2D eigenvalue weighted by Gasteiger charge is 2.11. The zero-order chi connectivity index (χ0) is 24.6. The average Bonchev–Trinajstić information content (AvgIpc) is 2.88. The van der Waals surface area contributed by atoms with Gasteiger partial charge in [-0.05, 0) is 57.9 Å². The van der Waals surface area contributed by atoms with Crippen molar-refractivity contribution in [2.75, 3.05) is 13.7 Å². The van der Waals surface area contributed by atoms with Crippen LogP contribution in [-0.4, -0.2) is 30.8 Å². The molecule has 0 fully saturated rings. The van der Waals surface area contributed by atoms with Crippen LogP contribution >= 0.6 is 31.9 Å². The van der Waals surface area contributed by atoms with E-state index in [0.29, 0.717) is 34.9 Å². The molecule has 0 saturated carbocycles. The minimum atomic E-state index is -0.397. The largest absolute Gasteiger partial charge is 0.493 e. The normalized spacial score (nSPS) is 10.9. The Bertz CT molecular complexity index is 1360. The van der Waals surface area contributed by atoms with E-state index >= 15 is 0 Å². The molecule has 0 aliphatic carbocycles. The lowest BCUT2D eigenvalue weighted by Gasteiger charge is -2.13. The highest BCUT2D eigenvalue weighted by molar-refractivity contribution is 9.10. The third-order valence-electron chi connectivity index (χ3n) is 4.94. The van der Waals surface area contributed by atoms with Crippen molar-refractivity contribution in [1.82, 2.24) is 10.4 Å². The van der Waals surface area contributed by atoms with E-state index in [1.807, 2.05) is 48.5 Å². The van der Waals surface area contributed by atoms with Crippen molar-refractivity contribution in [3.63, 3.8) is 0 Å². The number of carbonyl (C=O) groups excluding carboxylic acids is 1. The maximum Gasteiger partial charge on any atom is 0.277 e. The molecule has 9 heteroatoms. The van der Waals surface area contributed by atoms with E-state index in [9.17, 15) is 4.79 Å². The predicted octanol–water partition coefficient (Wildman–Crippen LogP) is 5.88. The van der Waals surface area contributed by atoms with Crippen molar-refractivity contribution in [3.05, 3.63) is 93.0 Å². The predicted molar refractivity (Wildman–Crippen MR) is 142 cm³/mol. The Kier molecular flexibility index (Phi) is 8.33. The monoisotopic (exact) mass is 597 g/mol. The number of hydrogen-bond donors (Lipinski definition) is 1. The molecule has 0 radical (unpaired) electrons. The standard InChI is InChI=1S/C26H21Br2N3O4/c1-33-23-12-19(21(28)13-24(23)34-15-17-7-9-20(27)10-8-17)14-30-31-25(32)16-35-22-6-2-4-18-5-3-11-29-26(18)22/h2-14H,15-16H2,1H3,(H,31,32)/b30-14+. The Morgan fingerprint density at radius 3 is 2.60 bits per heavy atom. The van der Waals surface area contributed by atoms with Gasteiger partial charge in [-0.25, -0.2) is 5.43 Å². The molecular formula is C26H21Br2N3O4. The number of nitrogens with one attached hydrogen (secondary N) is 1. The molecule has 1 heterocycles. The minimum absolute atomic E-state index is 0.194. The summed E-state index contributed by atoms with van der Waals surface area (Å²) < 4.78 is 18.8. The maximum absolute atomic E-state index is 12.2. The minimum Gasteiger partial charge on any atom is -0.493 e. The highest BCUT2D eigenvalue weighted by Crippen LogP contribution is 2.33. The first-order chi connectivity index (χ1) is 17.0. The Hall–Kier alpha value is -3.43. The number of amides is 1. The van der Waals surface area contributed by atoms with Gasteiger partial charge in [0.25, 0.3) is 5.91 Å². The smallest absolute Gasteiger partial charge is 0.277 e. The van der Waals surface area contributed by atoms with Crippen LogP contribution in [0.4, 0.5) is 0 Å². The van der Waals surface area contributed by atoms with Gasteiger partial charge in [0.2, 0.25) is 0 Å². The zero-order valence-corrected chi connectivity index (χ0v) is 21.9. The summed E-state index contributed by atoms with van der Waals surface area (Å²) in [5.74, 6) is 1.27. The Balaban J connectivity index is 1.35. The first-order valence-corrected chi connectivity index (χ1v) is 12.2. The van der Waals surface area contributed by atoms with Crippen LogP contribution in [0.5, 0.6) is 17.2 Å². The van der Waals surface area contributed by atoms with Gasteiger partial charge in [0.1, 0.15) is 17.9 Å². The summed E-state index contributed by atoms with van der Waals surface area (Å²) >= 11 is 6.94. The molecule has 0 saturated heterocycles. The molecule has 0 spiro atoms. The van der Waals surface area contributed by atoms with E-state index in [2.05, 4.69) is 47.4 Å². The van der Waals surface area contributed by atoms with E-state index < -0.39 is 5.91 Å². The van der Waals surface area contributed by atoms with Gasteiger partial charge in [-0.1, -0.05) is 46.3 Å². The van der Waals surface area contributed by atoms with Crippen LogP contribution in [0.15, 0.2) is 87.0 Å². The molecule has 1 amide bonds. The number of para-hydroxylation sites is 1. The van der Waals surface area contributed by atoms with E-state index in [-0.39, 0.29) is 6.61 Å². The number of hydrogen-bond acceptors (Lipinski definition) is 6. The average molecular weight is 599 g/mol. The molecule has 0 aliphatic heterocycles. The SMILES string of the molecule is COc1cc(/C=N/NC(=O)COc2cccc3cccnc23)c(Br)cc1OCc1ccc(Br)cc1. The molecule has 1 aromatic heterocycles. The number of aromatic nitrogens is 1. The van der Waals surface area contributed by atoms with Crippen molar-refractivity contribution >= 4 is 54.9 Å². The Morgan fingerprint density at radius 1 is 1.00 bits per heavy atom. The van der Waals surface area contributed by atoms with Gasteiger partial charge in [-0.15, -0.1) is 0 Å². The summed E-state index contributed by atoms with van der Waals surface area (Å²) in [7, 11) is 1.57. The topological polar surface area (TPSA) is 82.0 Å². The van der Waals surface area contributed by atoms with Gasteiger partial charge in [0, 0.05) is 26.1 Å². The maximum atomic E-state index is 12.2. The fourth-order valence-electron chi connectivity index (χ4n) is 3.21. The van der Waals surface area contributed by atoms with Gasteiger partial charge >= 0.3 is 0 Å². The van der Waals surface area contributed by atoms with Crippen LogP contribution < -0.4 is 19.6 Å². The number of pyridine rings is 1. The molecule has 35 heavy (non-hydrogen) atoms. The number of rotatable bonds is 9. The van der Waals surface area contributed by atoms with E-state index in [1.165, 1.54) is 6.21 Å². The van der Waals surface area contributed by atoms with E-state index in [1.54, 1.807) is 31.5 Å². The van der Waals surface area contributed by atoms with Crippen LogP contribution in [0, 0.1) is 0 Å². The number of fused-ring (bicyclic) bond motifs is 1. The molecule has 1 N–H and O–H groups in total. The molecule has 4 aromatic rings. The van der Waals surface area contributed by atoms with Crippen molar-refractivity contribution in [1.29, 1.82) is 0 Å². The van der Waals surface area contributed by atoms with Crippen LogP contribution in [0.2, 0.25) is 0 Å². The highest BCUT2D eigenvalue weighted by atomic mass is 79.9. The van der Waals surface area contributed by atoms with Crippen LogP contribution in [-0.2, 0) is 11.4 Å². The summed E-state index contributed by atoms with van der Waals surface area (Å²) in [6.45, 7) is 0.201. The van der Waals surface area contributed by atoms with Crippen LogP contribution in [0.1, 0.15) is 11.1 Å². The van der Waals surface area contributed by atoms with Crippen LogP contribution in [0.3, 0.4) is 0 Å². The number of benzene rings is 3. The fraction of sp³-hybridized carbons (Fsp3) is 0.115. The van der Waals surface area contributed by atoms with Gasteiger partial charge in [-0.3, -0.25) is 9.78 Å². The lowest BCUT2D eigenvalue weighted by Crippen LogP contribution is -2.24. The molecule has 4 rings (SSSR count). The second-order valence-electron chi connectivity index (χ2n) is 7.35. The molecule has 0 atom stereocenters. The molecular weight excluding hydrogens is 578 g/mol. The van der Waals surface area contributed by atoms with Gasteiger partial charge in [-0.2, -0.15) is 5.10 Å². The summed E-state index contributed by atoms with van der Waals surface area (Å²) in [4.78, 5) is 16.5. The number of carbonyl (C=O) groups is 1. The number of methoxy groups -OCH3 is 1. The fourth-order valence-corrected chi connectivity index (χ4v) is 3.89. The van der Waals surface area contributed by atoms with Crippen molar-refractivity contribution in [3.8, 4) is 17.2 Å². The number of halogens is 2. The lowest BCUT2D eigenvalue weighted by atomic mass is 10.2. The van der Waals surface area contributed by atoms with Crippen molar-refractivity contribution in [2.24, 2.45) is 5.10 Å². The molecule has 7 nitrogen and oxygen atoms in total. The van der Waals surface area contributed by atoms with Crippen molar-refractivity contribution in [2.45, 2.75) is 6.61 Å². The summed E-state index contributed by atoms with van der Waals surface area (Å²) in [6.07, 6.45) is 3.20. The summed E-state index contributed by atoms with van der Waals surface area (Å²) in [5.41, 5.74) is 4.90. The third-order valence-corrected chi connectivity index (χ3v) is 6.15. The van der Waals surface area contributed by atoms with E-state index in [4.69, 9.17) is 14.2 Å². The van der Waals surface area contributed by atoms with Gasteiger partial charge < -0.3 is 14.2 Å². The summed E-state index contributed by atoms with van der Waals surface area (Å²) in [5, 5.41) is 4.97. The third kappa shape index (κ3) is 6.58. The molecule has 178 valence electrons. The molecule has 0 bridgehead atoms. The van der Waals surface area contributed by atoms with Crippen LogP contribution in [0.25, 0.3) is 10.9 Å². The Labute approximate surface area is 219 Å². The summed E-state index contributed by atoms with van der Waals surface area (Å²) in [6, 6.07) is 20.8. The lowest BCUT2D eigenvalue weighted by molar-refractivity contribution is -0.123. The Morgan fingerprint density at radius 2 is 1.80 bits per heavy atom. The van der Waals surface area contributed by atoms with E-state index in [0.717, 1.165) is 19.9 Å². The van der Waals surface area contributed by atoms with Gasteiger partial charge in [0.15, 0.2) is 18.1 Å². The second-order valence-corrected chi connectivity index (χ2v) is 9.12. The number of nitrogens with zero attached hydrogens (tertiary/aromatic N) is 2. The van der Waals surface area contributed by atoms with Crippen molar-refractivity contribution < 1.29 is 19.0 Å². The first-order valence-electron chi connectivity index (χ1n) is 10.6. The van der Waals surface area contributed by atoms with Gasteiger partial charge in [0.05, 0.1) is 13.3 Å². The first kappa shape index (κ1) is 24.7. The quantitative estimate of drug-likeness (QED) is 0.192. The number of hydrazone groups is 1. The number of ether oxygens (including phenoxy) is 3. The molecule has 0 unspecified atom stereocenters.